The minimum absolute atomic E-state index is 0.0370. The van der Waals surface area contributed by atoms with Gasteiger partial charge in [-0.3, -0.25) is 9.20 Å². The highest BCUT2D eigenvalue weighted by atomic mass is 16.1. The molecule has 5 rings (SSSR count). The molecule has 1 saturated heterocycles. The number of H-pyrrole nitrogens is 1. The highest BCUT2D eigenvalue weighted by Crippen LogP contribution is 2.29. The van der Waals surface area contributed by atoms with Crippen molar-refractivity contribution in [2.45, 2.75) is 18.8 Å². The Morgan fingerprint density at radius 1 is 1.00 bits per heavy atom. The SMILES string of the molecule is O=c1cc(N2CCC(c3nc4ccccc4[nH]3)CC2)nc2ccccn12. The number of pyridine rings is 1. The Labute approximate surface area is 150 Å². The summed E-state index contributed by atoms with van der Waals surface area (Å²) < 4.78 is 1.57. The Bertz CT molecular complexity index is 1100. The van der Waals surface area contributed by atoms with Crippen molar-refractivity contribution in [2.24, 2.45) is 0 Å². The maximum atomic E-state index is 12.3. The van der Waals surface area contributed by atoms with Crippen LogP contribution in [0.25, 0.3) is 16.7 Å². The lowest BCUT2D eigenvalue weighted by Crippen LogP contribution is -2.34. The van der Waals surface area contributed by atoms with E-state index in [0.717, 1.165) is 48.6 Å². The fourth-order valence-electron chi connectivity index (χ4n) is 3.75. The van der Waals surface area contributed by atoms with Crippen molar-refractivity contribution in [3.05, 3.63) is 70.9 Å². The van der Waals surface area contributed by atoms with Crippen molar-refractivity contribution in [1.29, 1.82) is 0 Å². The van der Waals surface area contributed by atoms with E-state index in [0.29, 0.717) is 11.6 Å². The number of para-hydroxylation sites is 2. The van der Waals surface area contributed by atoms with Gasteiger partial charge in [0.15, 0.2) is 0 Å². The molecule has 1 aliphatic heterocycles. The predicted molar refractivity (Wildman–Crippen MR) is 102 cm³/mol. The van der Waals surface area contributed by atoms with E-state index in [2.05, 4.69) is 20.9 Å². The summed E-state index contributed by atoms with van der Waals surface area (Å²) >= 11 is 0. The van der Waals surface area contributed by atoms with Crippen LogP contribution in [0.5, 0.6) is 0 Å². The molecule has 26 heavy (non-hydrogen) atoms. The van der Waals surface area contributed by atoms with Crippen molar-refractivity contribution in [2.75, 3.05) is 18.0 Å². The number of hydrogen-bond acceptors (Lipinski definition) is 4. The van der Waals surface area contributed by atoms with Gasteiger partial charge in [-0.05, 0) is 37.1 Å². The molecule has 0 bridgehead atoms. The van der Waals surface area contributed by atoms with Crippen molar-refractivity contribution in [1.82, 2.24) is 19.4 Å². The van der Waals surface area contributed by atoms with Crippen molar-refractivity contribution in [3.63, 3.8) is 0 Å². The lowest BCUT2D eigenvalue weighted by Gasteiger charge is -2.31. The largest absolute Gasteiger partial charge is 0.356 e. The molecule has 0 saturated carbocycles. The quantitative estimate of drug-likeness (QED) is 0.607. The van der Waals surface area contributed by atoms with Gasteiger partial charge in [-0.1, -0.05) is 18.2 Å². The first-order valence-corrected chi connectivity index (χ1v) is 8.96. The lowest BCUT2D eigenvalue weighted by molar-refractivity contribution is 0.487. The van der Waals surface area contributed by atoms with Crippen LogP contribution in [0.1, 0.15) is 24.6 Å². The third kappa shape index (κ3) is 2.54. The van der Waals surface area contributed by atoms with Gasteiger partial charge in [0.25, 0.3) is 5.56 Å². The minimum Gasteiger partial charge on any atom is -0.356 e. The van der Waals surface area contributed by atoms with Crippen LogP contribution < -0.4 is 10.5 Å². The van der Waals surface area contributed by atoms with E-state index in [9.17, 15) is 4.79 Å². The van der Waals surface area contributed by atoms with Gasteiger partial charge in [0.1, 0.15) is 17.3 Å². The highest BCUT2D eigenvalue weighted by molar-refractivity contribution is 5.74. The molecular formula is C20H19N5O. The van der Waals surface area contributed by atoms with Gasteiger partial charge in [0, 0.05) is 31.3 Å². The van der Waals surface area contributed by atoms with Crippen molar-refractivity contribution in [3.8, 4) is 0 Å². The van der Waals surface area contributed by atoms with Gasteiger partial charge in [-0.15, -0.1) is 0 Å². The number of aromatic nitrogens is 4. The number of nitrogens with one attached hydrogen (secondary N) is 1. The molecule has 0 spiro atoms. The standard InChI is InChI=1S/C20H19N5O/c26-19-13-18(23-17-7-3-4-10-25(17)19)24-11-8-14(9-12-24)20-21-15-5-1-2-6-16(15)22-20/h1-7,10,13-14H,8-9,11-12H2,(H,21,22). The van der Waals surface area contributed by atoms with Gasteiger partial charge in [-0.25, -0.2) is 9.97 Å². The summed E-state index contributed by atoms with van der Waals surface area (Å²) in [4.78, 5) is 27.4. The molecular weight excluding hydrogens is 326 g/mol. The Morgan fingerprint density at radius 3 is 2.65 bits per heavy atom. The molecule has 6 nitrogen and oxygen atoms in total. The number of aromatic amines is 1. The van der Waals surface area contributed by atoms with Crippen LogP contribution in [-0.4, -0.2) is 32.4 Å². The maximum absolute atomic E-state index is 12.3. The molecule has 0 aliphatic carbocycles. The second-order valence-electron chi connectivity index (χ2n) is 6.78. The fourth-order valence-corrected chi connectivity index (χ4v) is 3.75. The van der Waals surface area contributed by atoms with Crippen LogP contribution in [0.15, 0.2) is 59.5 Å². The zero-order chi connectivity index (χ0) is 17.5. The molecule has 4 heterocycles. The number of anilines is 1. The van der Waals surface area contributed by atoms with E-state index >= 15 is 0 Å². The second-order valence-corrected chi connectivity index (χ2v) is 6.78. The molecule has 0 radical (unpaired) electrons. The summed E-state index contributed by atoms with van der Waals surface area (Å²) in [6, 6.07) is 15.4. The molecule has 4 aromatic rings. The second kappa shape index (κ2) is 5.98. The number of rotatable bonds is 2. The Hall–Kier alpha value is -3.15. The maximum Gasteiger partial charge on any atom is 0.259 e. The molecule has 130 valence electrons. The third-order valence-electron chi connectivity index (χ3n) is 5.17. The molecule has 0 unspecified atom stereocenters. The average molecular weight is 345 g/mol. The summed E-state index contributed by atoms with van der Waals surface area (Å²) in [7, 11) is 0. The number of nitrogens with zero attached hydrogens (tertiary/aromatic N) is 4. The molecule has 1 aliphatic rings. The van der Waals surface area contributed by atoms with Gasteiger partial charge < -0.3 is 9.88 Å². The van der Waals surface area contributed by atoms with Gasteiger partial charge in [-0.2, -0.15) is 0 Å². The molecule has 0 amide bonds. The first-order chi connectivity index (χ1) is 12.8. The number of piperidine rings is 1. The Morgan fingerprint density at radius 2 is 1.81 bits per heavy atom. The van der Waals surface area contributed by atoms with E-state index in [1.165, 1.54) is 0 Å². The van der Waals surface area contributed by atoms with Crippen LogP contribution in [0.2, 0.25) is 0 Å². The molecule has 6 heteroatoms. The lowest BCUT2D eigenvalue weighted by atomic mass is 9.96. The van der Waals surface area contributed by atoms with Crippen LogP contribution in [0.3, 0.4) is 0 Å². The zero-order valence-electron chi connectivity index (χ0n) is 14.3. The van der Waals surface area contributed by atoms with Gasteiger partial charge in [0.05, 0.1) is 11.0 Å². The van der Waals surface area contributed by atoms with E-state index in [1.54, 1.807) is 16.7 Å². The van der Waals surface area contributed by atoms with E-state index < -0.39 is 0 Å². The topological polar surface area (TPSA) is 66.3 Å². The molecule has 3 aromatic heterocycles. The summed E-state index contributed by atoms with van der Waals surface area (Å²) in [6.07, 6.45) is 3.74. The molecule has 1 fully saturated rings. The van der Waals surface area contributed by atoms with Crippen molar-refractivity contribution >= 4 is 22.5 Å². The van der Waals surface area contributed by atoms with Crippen LogP contribution in [-0.2, 0) is 0 Å². The Balaban J connectivity index is 1.37. The molecule has 1 aromatic carbocycles. The van der Waals surface area contributed by atoms with Crippen LogP contribution >= 0.6 is 0 Å². The summed E-state index contributed by atoms with van der Waals surface area (Å²) in [6.45, 7) is 1.74. The summed E-state index contributed by atoms with van der Waals surface area (Å²) in [5, 5.41) is 0. The van der Waals surface area contributed by atoms with Gasteiger partial charge in [0.2, 0.25) is 0 Å². The summed E-state index contributed by atoms with van der Waals surface area (Å²) in [5.74, 6) is 2.25. The molecule has 0 atom stereocenters. The first-order valence-electron chi connectivity index (χ1n) is 8.96. The molecule has 1 N–H and O–H groups in total. The Kier molecular flexibility index (Phi) is 3.48. The monoisotopic (exact) mass is 345 g/mol. The van der Waals surface area contributed by atoms with Crippen LogP contribution in [0, 0.1) is 0 Å². The smallest absolute Gasteiger partial charge is 0.259 e. The summed E-state index contributed by atoms with van der Waals surface area (Å²) in [5.41, 5.74) is 2.77. The number of benzene rings is 1. The van der Waals surface area contributed by atoms with Gasteiger partial charge >= 0.3 is 0 Å². The zero-order valence-corrected chi connectivity index (χ0v) is 14.3. The normalized spacial score (nSPS) is 15.8. The minimum atomic E-state index is -0.0370. The van der Waals surface area contributed by atoms with Crippen LogP contribution in [0.4, 0.5) is 5.82 Å². The number of hydrogen-bond donors (Lipinski definition) is 1. The number of imidazole rings is 1. The third-order valence-corrected chi connectivity index (χ3v) is 5.17. The number of fused-ring (bicyclic) bond motifs is 2. The average Bonchev–Trinajstić information content (AvgIpc) is 3.12. The van der Waals surface area contributed by atoms with E-state index in [1.807, 2.05) is 36.4 Å². The predicted octanol–water partition coefficient (Wildman–Crippen LogP) is 2.95. The fraction of sp³-hybridized carbons (Fsp3) is 0.250. The highest BCUT2D eigenvalue weighted by Gasteiger charge is 2.24. The first kappa shape index (κ1) is 15.1. The van der Waals surface area contributed by atoms with Crippen molar-refractivity contribution < 1.29 is 0 Å². The van der Waals surface area contributed by atoms with E-state index in [4.69, 9.17) is 4.98 Å². The van der Waals surface area contributed by atoms with E-state index in [-0.39, 0.29) is 5.56 Å².